The first kappa shape index (κ1) is 13.4. The smallest absolute Gasteiger partial charge is 0.132 e. The van der Waals surface area contributed by atoms with Gasteiger partial charge >= 0.3 is 0 Å². The minimum absolute atomic E-state index is 0.0184. The first-order chi connectivity index (χ1) is 9.11. The van der Waals surface area contributed by atoms with Crippen LogP contribution in [-0.2, 0) is 0 Å². The van der Waals surface area contributed by atoms with Gasteiger partial charge in [-0.2, -0.15) is 0 Å². The van der Waals surface area contributed by atoms with Crippen LogP contribution in [0.25, 0.3) is 0 Å². The number of amidine groups is 1. The summed E-state index contributed by atoms with van der Waals surface area (Å²) >= 11 is 1.45. The number of benzene rings is 1. The normalized spacial score (nSPS) is 10.2. The van der Waals surface area contributed by atoms with Crippen LogP contribution in [0.15, 0.2) is 46.3 Å². The van der Waals surface area contributed by atoms with Crippen molar-refractivity contribution >= 4 is 17.6 Å². The predicted molar refractivity (Wildman–Crippen MR) is 77.1 cm³/mol. The average molecular weight is 273 g/mol. The van der Waals surface area contributed by atoms with E-state index >= 15 is 0 Å². The third-order valence-corrected chi connectivity index (χ3v) is 3.63. The Labute approximate surface area is 116 Å². The molecule has 5 heteroatoms. The molecule has 0 spiro atoms. The molecule has 2 rings (SSSR count). The van der Waals surface area contributed by atoms with Crippen LogP contribution in [0, 0.1) is 12.3 Å². The number of methoxy groups -OCH3 is 1. The molecule has 1 aromatic carbocycles. The molecule has 1 aromatic heterocycles. The highest BCUT2D eigenvalue weighted by Gasteiger charge is 2.11. The summed E-state index contributed by atoms with van der Waals surface area (Å²) in [6.45, 7) is 1.91. The Morgan fingerprint density at radius 1 is 1.26 bits per heavy atom. The number of hydrogen-bond acceptors (Lipinski definition) is 4. The summed E-state index contributed by atoms with van der Waals surface area (Å²) in [6.07, 6.45) is 0. The lowest BCUT2D eigenvalue weighted by molar-refractivity contribution is 0.405. The number of nitrogens with zero attached hydrogens (tertiary/aromatic N) is 1. The Kier molecular flexibility index (Phi) is 4.06. The van der Waals surface area contributed by atoms with E-state index in [1.54, 1.807) is 7.11 Å². The number of rotatable bonds is 4. The third kappa shape index (κ3) is 3.06. The monoisotopic (exact) mass is 273 g/mol. The highest BCUT2D eigenvalue weighted by atomic mass is 32.2. The molecule has 0 saturated heterocycles. The molecule has 3 N–H and O–H groups in total. The number of aryl methyl sites for hydroxylation is 1. The van der Waals surface area contributed by atoms with E-state index in [4.69, 9.17) is 15.9 Å². The molecule has 2 aromatic rings. The lowest BCUT2D eigenvalue weighted by Crippen LogP contribution is -2.13. The quantitative estimate of drug-likeness (QED) is 0.663. The van der Waals surface area contributed by atoms with Gasteiger partial charge in [-0.05, 0) is 31.2 Å². The largest absolute Gasteiger partial charge is 0.496 e. The van der Waals surface area contributed by atoms with Crippen molar-refractivity contribution in [3.63, 3.8) is 0 Å². The van der Waals surface area contributed by atoms with Gasteiger partial charge in [0, 0.05) is 11.3 Å². The second-order valence-corrected chi connectivity index (χ2v) is 5.00. The summed E-state index contributed by atoms with van der Waals surface area (Å²) in [6, 6.07) is 11.4. The minimum Gasteiger partial charge on any atom is -0.496 e. The molecule has 0 amide bonds. The van der Waals surface area contributed by atoms with Gasteiger partial charge < -0.3 is 10.5 Å². The maximum Gasteiger partial charge on any atom is 0.132 e. The van der Waals surface area contributed by atoms with E-state index < -0.39 is 0 Å². The van der Waals surface area contributed by atoms with Gasteiger partial charge in [-0.25, -0.2) is 4.98 Å². The Morgan fingerprint density at radius 3 is 2.68 bits per heavy atom. The molecule has 0 atom stereocenters. The fourth-order valence-electron chi connectivity index (χ4n) is 1.62. The number of hydrogen-bond donors (Lipinski definition) is 2. The van der Waals surface area contributed by atoms with Gasteiger partial charge in [-0.1, -0.05) is 23.9 Å². The Balaban J connectivity index is 2.42. The summed E-state index contributed by atoms with van der Waals surface area (Å²) in [7, 11) is 1.63. The molecular formula is C14H15N3OS. The predicted octanol–water partition coefficient (Wildman–Crippen LogP) is 2.83. The van der Waals surface area contributed by atoms with Crippen molar-refractivity contribution in [2.75, 3.05) is 7.11 Å². The number of nitrogen functional groups attached to an aromatic ring is 1. The van der Waals surface area contributed by atoms with Gasteiger partial charge in [0.05, 0.1) is 12.0 Å². The van der Waals surface area contributed by atoms with Crippen LogP contribution in [-0.4, -0.2) is 17.9 Å². The fourth-order valence-corrected chi connectivity index (χ4v) is 2.71. The average Bonchev–Trinajstić information content (AvgIpc) is 2.39. The molecule has 0 aliphatic rings. The van der Waals surface area contributed by atoms with Gasteiger partial charge in [-0.3, -0.25) is 5.41 Å². The number of aromatic nitrogens is 1. The second kappa shape index (κ2) is 5.75. The third-order valence-electron chi connectivity index (χ3n) is 2.57. The Morgan fingerprint density at radius 2 is 2.00 bits per heavy atom. The summed E-state index contributed by atoms with van der Waals surface area (Å²) in [5, 5.41) is 8.32. The van der Waals surface area contributed by atoms with Gasteiger partial charge in [0.2, 0.25) is 0 Å². The molecule has 0 unspecified atom stereocenters. The lowest BCUT2D eigenvalue weighted by atomic mass is 10.2. The SMILES string of the molecule is COc1ccccc1Sc1nc(C)ccc1C(=N)N. The van der Waals surface area contributed by atoms with E-state index in [1.807, 2.05) is 43.3 Å². The van der Waals surface area contributed by atoms with Crippen LogP contribution >= 0.6 is 11.8 Å². The molecular weight excluding hydrogens is 258 g/mol. The molecule has 4 nitrogen and oxygen atoms in total. The number of para-hydroxylation sites is 1. The summed E-state index contributed by atoms with van der Waals surface area (Å²) < 4.78 is 5.31. The maximum absolute atomic E-state index is 7.60. The van der Waals surface area contributed by atoms with Crippen LogP contribution in [0.2, 0.25) is 0 Å². The summed E-state index contributed by atoms with van der Waals surface area (Å²) in [4.78, 5) is 5.40. The zero-order chi connectivity index (χ0) is 13.8. The van der Waals surface area contributed by atoms with E-state index in [9.17, 15) is 0 Å². The van der Waals surface area contributed by atoms with Crippen LogP contribution in [0.5, 0.6) is 5.75 Å². The molecule has 0 fully saturated rings. The van der Waals surface area contributed by atoms with Gasteiger partial charge in [-0.15, -0.1) is 0 Å². The van der Waals surface area contributed by atoms with E-state index in [-0.39, 0.29) is 5.84 Å². The van der Waals surface area contributed by atoms with Crippen molar-refractivity contribution in [3.05, 3.63) is 47.7 Å². The van der Waals surface area contributed by atoms with Gasteiger partial charge in [0.25, 0.3) is 0 Å². The van der Waals surface area contributed by atoms with Crippen LogP contribution in [0.1, 0.15) is 11.3 Å². The van der Waals surface area contributed by atoms with E-state index in [0.717, 1.165) is 21.4 Å². The van der Waals surface area contributed by atoms with Crippen molar-refractivity contribution in [1.82, 2.24) is 4.98 Å². The molecule has 98 valence electrons. The highest BCUT2D eigenvalue weighted by Crippen LogP contribution is 2.35. The number of nitrogens with two attached hydrogens (primary N) is 1. The Bertz CT molecular complexity index is 613. The van der Waals surface area contributed by atoms with E-state index in [2.05, 4.69) is 4.98 Å². The Hall–Kier alpha value is -2.01. The summed E-state index contributed by atoms with van der Waals surface area (Å²) in [5.41, 5.74) is 7.12. The van der Waals surface area contributed by atoms with Crippen molar-refractivity contribution in [2.24, 2.45) is 5.73 Å². The molecule has 0 bridgehead atoms. The van der Waals surface area contributed by atoms with Crippen molar-refractivity contribution in [2.45, 2.75) is 16.8 Å². The fraction of sp³-hybridized carbons (Fsp3) is 0.143. The molecule has 1 heterocycles. The topological polar surface area (TPSA) is 72.0 Å². The first-order valence-corrected chi connectivity index (χ1v) is 6.56. The second-order valence-electron chi connectivity index (χ2n) is 3.97. The molecule has 0 aliphatic carbocycles. The lowest BCUT2D eigenvalue weighted by Gasteiger charge is -2.10. The van der Waals surface area contributed by atoms with Gasteiger partial charge in [0.1, 0.15) is 16.6 Å². The summed E-state index contributed by atoms with van der Waals surface area (Å²) in [5.74, 6) is 0.801. The maximum atomic E-state index is 7.60. The van der Waals surface area contributed by atoms with E-state index in [1.165, 1.54) is 11.8 Å². The van der Waals surface area contributed by atoms with Gasteiger partial charge in [0.15, 0.2) is 0 Å². The number of ether oxygens (including phenoxy) is 1. The zero-order valence-corrected chi connectivity index (χ0v) is 11.6. The molecule has 0 saturated carbocycles. The van der Waals surface area contributed by atoms with E-state index in [0.29, 0.717) is 5.56 Å². The van der Waals surface area contributed by atoms with Crippen LogP contribution in [0.3, 0.4) is 0 Å². The first-order valence-electron chi connectivity index (χ1n) is 5.74. The highest BCUT2D eigenvalue weighted by molar-refractivity contribution is 7.99. The standard InChI is InChI=1S/C14H15N3OS/c1-9-7-8-10(13(15)16)14(17-9)19-12-6-4-3-5-11(12)18-2/h3-8H,1-2H3,(H3,15,16). The van der Waals surface area contributed by atoms with Crippen molar-refractivity contribution < 1.29 is 4.74 Å². The van der Waals surface area contributed by atoms with Crippen molar-refractivity contribution in [1.29, 1.82) is 5.41 Å². The van der Waals surface area contributed by atoms with Crippen LogP contribution in [0.4, 0.5) is 0 Å². The molecule has 19 heavy (non-hydrogen) atoms. The number of nitrogens with one attached hydrogen (secondary N) is 1. The van der Waals surface area contributed by atoms with Crippen molar-refractivity contribution in [3.8, 4) is 5.75 Å². The molecule has 0 radical (unpaired) electrons. The number of pyridine rings is 1. The molecule has 0 aliphatic heterocycles. The zero-order valence-electron chi connectivity index (χ0n) is 10.8. The minimum atomic E-state index is 0.0184. The van der Waals surface area contributed by atoms with Crippen LogP contribution < -0.4 is 10.5 Å².